The van der Waals surface area contributed by atoms with Gasteiger partial charge in [-0.05, 0) is 105 Å². The lowest BCUT2D eigenvalue weighted by atomic mass is 9.99. The molecule has 0 amide bonds. The fraction of sp³-hybridized carbons (Fsp3) is 0.375. The van der Waals surface area contributed by atoms with Crippen LogP contribution in [0.4, 0.5) is 0 Å². The van der Waals surface area contributed by atoms with Crippen LogP contribution in [0.2, 0.25) is 0 Å². The fourth-order valence-corrected chi connectivity index (χ4v) is 6.78. The Balaban J connectivity index is 1.18. The number of likely N-dealkylation sites (tertiary alicyclic amines) is 2. The minimum Gasteiger partial charge on any atom is -0.492 e. The molecule has 3 aromatic carbocycles. The molecule has 2 fully saturated rings. The average Bonchev–Trinajstić information content (AvgIpc) is 3.71. The molecule has 0 unspecified atom stereocenters. The van der Waals surface area contributed by atoms with Gasteiger partial charge in [-0.15, -0.1) is 11.3 Å². The Bertz CT molecular complexity index is 1290. The first-order valence-corrected chi connectivity index (χ1v) is 14.6. The summed E-state index contributed by atoms with van der Waals surface area (Å²) >= 11 is 1.86. The van der Waals surface area contributed by atoms with Crippen LogP contribution in [0.1, 0.15) is 25.7 Å². The van der Waals surface area contributed by atoms with E-state index in [1.54, 1.807) is 0 Å². The van der Waals surface area contributed by atoms with Crippen LogP contribution in [0.25, 0.3) is 31.7 Å². The molecule has 0 spiro atoms. The van der Waals surface area contributed by atoms with Crippen molar-refractivity contribution in [2.75, 3.05) is 52.5 Å². The molecule has 37 heavy (non-hydrogen) atoms. The Morgan fingerprint density at radius 2 is 1.11 bits per heavy atom. The van der Waals surface area contributed by atoms with Crippen LogP contribution in [0, 0.1) is 0 Å². The molecule has 4 nitrogen and oxygen atoms in total. The van der Waals surface area contributed by atoms with Gasteiger partial charge in [0, 0.05) is 33.6 Å². The number of thiophene rings is 1. The first-order valence-electron chi connectivity index (χ1n) is 13.8. The Morgan fingerprint density at radius 3 is 1.68 bits per heavy atom. The number of rotatable bonds is 10. The van der Waals surface area contributed by atoms with E-state index in [2.05, 4.69) is 82.6 Å². The fourth-order valence-electron chi connectivity index (χ4n) is 5.55. The third-order valence-electron chi connectivity index (χ3n) is 7.60. The van der Waals surface area contributed by atoms with Crippen molar-refractivity contribution in [2.45, 2.75) is 25.7 Å². The van der Waals surface area contributed by atoms with E-state index in [0.717, 1.165) is 37.8 Å². The summed E-state index contributed by atoms with van der Waals surface area (Å²) < 4.78 is 13.4. The highest BCUT2D eigenvalue weighted by Gasteiger charge is 2.16. The number of fused-ring (bicyclic) bond motifs is 1. The molecule has 6 rings (SSSR count). The molecule has 192 valence electrons. The van der Waals surface area contributed by atoms with E-state index in [-0.39, 0.29) is 0 Å². The van der Waals surface area contributed by atoms with E-state index in [0.29, 0.717) is 0 Å². The zero-order chi connectivity index (χ0) is 24.9. The van der Waals surface area contributed by atoms with Gasteiger partial charge in [0.2, 0.25) is 0 Å². The lowest BCUT2D eigenvalue weighted by Gasteiger charge is -2.15. The standard InChI is InChI=1S/C32H36N2O2S/c1-2-8-30-29(7-1)31(25-9-13-27(14-10-25)35-23-21-33-17-3-4-18-33)32(37-30)26-11-15-28(16-12-26)36-24-22-34-19-5-6-20-34/h1-2,7-16H,3-6,17-24H2. The van der Waals surface area contributed by atoms with E-state index < -0.39 is 0 Å². The van der Waals surface area contributed by atoms with Crippen LogP contribution >= 0.6 is 11.3 Å². The normalized spacial score (nSPS) is 16.5. The van der Waals surface area contributed by atoms with E-state index in [1.165, 1.54) is 83.5 Å². The summed E-state index contributed by atoms with van der Waals surface area (Å²) in [4.78, 5) is 6.27. The van der Waals surface area contributed by atoms with Crippen molar-refractivity contribution in [3.63, 3.8) is 0 Å². The summed E-state index contributed by atoms with van der Waals surface area (Å²) in [5.74, 6) is 1.89. The van der Waals surface area contributed by atoms with Crippen molar-refractivity contribution < 1.29 is 9.47 Å². The quantitative estimate of drug-likeness (QED) is 0.225. The summed E-state index contributed by atoms with van der Waals surface area (Å²) in [6.45, 7) is 8.37. The molecular weight excluding hydrogens is 476 g/mol. The van der Waals surface area contributed by atoms with Crippen molar-refractivity contribution in [2.24, 2.45) is 0 Å². The van der Waals surface area contributed by atoms with Crippen molar-refractivity contribution in [3.8, 4) is 33.1 Å². The highest BCUT2D eigenvalue weighted by Crippen LogP contribution is 2.45. The third-order valence-corrected chi connectivity index (χ3v) is 8.82. The molecule has 0 aliphatic carbocycles. The van der Waals surface area contributed by atoms with Crippen LogP contribution in [0.15, 0.2) is 72.8 Å². The summed E-state index contributed by atoms with van der Waals surface area (Å²) in [6, 6.07) is 26.0. The van der Waals surface area contributed by atoms with Gasteiger partial charge in [-0.1, -0.05) is 30.3 Å². The second-order valence-corrected chi connectivity index (χ2v) is 11.2. The smallest absolute Gasteiger partial charge is 0.119 e. The molecule has 2 aliphatic rings. The SMILES string of the molecule is c1ccc2c(-c3ccc(OCCN4CCCC4)cc3)c(-c3ccc(OCCN4CCCC4)cc3)sc2c1. The summed E-state index contributed by atoms with van der Waals surface area (Å²) in [5, 5.41) is 1.30. The summed E-state index contributed by atoms with van der Waals surface area (Å²) in [7, 11) is 0. The summed E-state index contributed by atoms with van der Waals surface area (Å²) in [6.07, 6.45) is 5.28. The monoisotopic (exact) mass is 512 g/mol. The van der Waals surface area contributed by atoms with Gasteiger partial charge in [0.1, 0.15) is 24.7 Å². The molecule has 1 aromatic heterocycles. The number of benzene rings is 3. The van der Waals surface area contributed by atoms with Gasteiger partial charge in [0.15, 0.2) is 0 Å². The van der Waals surface area contributed by atoms with Crippen LogP contribution in [0.3, 0.4) is 0 Å². The Kier molecular flexibility index (Phi) is 7.73. The van der Waals surface area contributed by atoms with Gasteiger partial charge in [-0.2, -0.15) is 0 Å². The predicted molar refractivity (Wildman–Crippen MR) is 155 cm³/mol. The van der Waals surface area contributed by atoms with E-state index in [1.807, 2.05) is 11.3 Å². The zero-order valence-electron chi connectivity index (χ0n) is 21.5. The molecule has 0 saturated carbocycles. The van der Waals surface area contributed by atoms with Crippen LogP contribution < -0.4 is 9.47 Å². The molecule has 3 heterocycles. The molecule has 4 aromatic rings. The average molecular weight is 513 g/mol. The van der Waals surface area contributed by atoms with Crippen molar-refractivity contribution >= 4 is 21.4 Å². The minimum absolute atomic E-state index is 0.748. The van der Waals surface area contributed by atoms with Crippen molar-refractivity contribution in [3.05, 3.63) is 72.8 Å². The number of hydrogen-bond acceptors (Lipinski definition) is 5. The van der Waals surface area contributed by atoms with Gasteiger partial charge in [0.25, 0.3) is 0 Å². The molecular formula is C32H36N2O2S. The Morgan fingerprint density at radius 1 is 0.595 bits per heavy atom. The molecule has 0 atom stereocenters. The van der Waals surface area contributed by atoms with Crippen LogP contribution in [0.5, 0.6) is 11.5 Å². The molecule has 0 radical (unpaired) electrons. The molecule has 2 saturated heterocycles. The van der Waals surface area contributed by atoms with Gasteiger partial charge in [0.05, 0.1) is 0 Å². The highest BCUT2D eigenvalue weighted by molar-refractivity contribution is 7.23. The van der Waals surface area contributed by atoms with Gasteiger partial charge >= 0.3 is 0 Å². The van der Waals surface area contributed by atoms with Gasteiger partial charge in [-0.3, -0.25) is 9.80 Å². The number of hydrogen-bond donors (Lipinski definition) is 0. The molecule has 5 heteroatoms. The van der Waals surface area contributed by atoms with Crippen molar-refractivity contribution in [1.29, 1.82) is 0 Å². The number of nitrogens with zero attached hydrogens (tertiary/aromatic N) is 2. The first kappa shape index (κ1) is 24.5. The van der Waals surface area contributed by atoms with Crippen LogP contribution in [-0.4, -0.2) is 62.3 Å². The van der Waals surface area contributed by atoms with E-state index in [9.17, 15) is 0 Å². The first-order chi connectivity index (χ1) is 18.3. The van der Waals surface area contributed by atoms with Gasteiger partial charge in [-0.25, -0.2) is 0 Å². The third kappa shape index (κ3) is 5.85. The predicted octanol–water partition coefficient (Wildman–Crippen LogP) is 7.18. The second-order valence-electron chi connectivity index (χ2n) is 10.1. The maximum Gasteiger partial charge on any atom is 0.119 e. The minimum atomic E-state index is 0.748. The maximum absolute atomic E-state index is 6.06. The molecule has 2 aliphatic heterocycles. The van der Waals surface area contributed by atoms with E-state index >= 15 is 0 Å². The van der Waals surface area contributed by atoms with Crippen LogP contribution in [-0.2, 0) is 0 Å². The van der Waals surface area contributed by atoms with E-state index in [4.69, 9.17) is 9.47 Å². The lowest BCUT2D eigenvalue weighted by molar-refractivity contribution is 0.237. The largest absolute Gasteiger partial charge is 0.492 e. The topological polar surface area (TPSA) is 24.9 Å². The Labute approximate surface area is 224 Å². The Hall–Kier alpha value is -2.86. The lowest BCUT2D eigenvalue weighted by Crippen LogP contribution is -2.25. The molecule has 0 bridgehead atoms. The summed E-state index contributed by atoms with van der Waals surface area (Å²) in [5.41, 5.74) is 3.76. The zero-order valence-corrected chi connectivity index (χ0v) is 22.3. The van der Waals surface area contributed by atoms with Crippen molar-refractivity contribution in [1.82, 2.24) is 9.80 Å². The molecule has 0 N–H and O–H groups in total. The second kappa shape index (κ2) is 11.7. The number of ether oxygens (including phenoxy) is 2. The van der Waals surface area contributed by atoms with Gasteiger partial charge < -0.3 is 9.47 Å². The maximum atomic E-state index is 6.06. The highest BCUT2D eigenvalue weighted by atomic mass is 32.1.